The quantitative estimate of drug-likeness (QED) is 0.192. The lowest BCUT2D eigenvalue weighted by atomic mass is 10.1. The van der Waals surface area contributed by atoms with Crippen LogP contribution in [0.3, 0.4) is 0 Å². The van der Waals surface area contributed by atoms with Crippen molar-refractivity contribution in [3.05, 3.63) is 89.2 Å². The molecule has 0 fully saturated rings. The molecule has 180 valence electrons. The highest BCUT2D eigenvalue weighted by Gasteiger charge is 2.16. The van der Waals surface area contributed by atoms with Gasteiger partial charge in [-0.15, -0.1) is 0 Å². The molecule has 0 aliphatic carbocycles. The van der Waals surface area contributed by atoms with E-state index >= 15 is 0 Å². The number of thiocarbonyl (C=S) groups is 1. The first kappa shape index (κ1) is 23.3. The second-order valence-corrected chi connectivity index (χ2v) is 9.00. The number of nitrogens with one attached hydrogen (secondary N) is 2. The standard InChI is InChI=1S/C28H23N3O4S/c1-15-4-9-24-21(12-15)30-27(35-24)20-14-19(7-8-22(20)32)29-28(36)31-26(33)25-11-10-23(34-25)18-6-5-16(2)17(3)13-18/h4-14,32H,1-3H3,(H2,29,31,33,36). The lowest BCUT2D eigenvalue weighted by Gasteiger charge is -2.10. The van der Waals surface area contributed by atoms with Gasteiger partial charge in [-0.3, -0.25) is 10.1 Å². The molecule has 36 heavy (non-hydrogen) atoms. The van der Waals surface area contributed by atoms with Crippen LogP contribution >= 0.6 is 12.2 Å². The first-order valence-electron chi connectivity index (χ1n) is 11.3. The Kier molecular flexibility index (Phi) is 6.03. The average molecular weight is 498 g/mol. The summed E-state index contributed by atoms with van der Waals surface area (Å²) in [4.78, 5) is 17.2. The Balaban J connectivity index is 1.29. The molecule has 3 N–H and O–H groups in total. The molecule has 0 saturated carbocycles. The molecule has 2 heterocycles. The van der Waals surface area contributed by atoms with Crippen molar-refractivity contribution >= 4 is 40.0 Å². The molecule has 2 aromatic heterocycles. The van der Waals surface area contributed by atoms with Gasteiger partial charge in [0.2, 0.25) is 5.89 Å². The molecule has 5 rings (SSSR count). The van der Waals surface area contributed by atoms with Crippen LogP contribution in [0.1, 0.15) is 27.2 Å². The van der Waals surface area contributed by atoms with Crippen LogP contribution in [0, 0.1) is 20.8 Å². The van der Waals surface area contributed by atoms with E-state index in [2.05, 4.69) is 15.6 Å². The van der Waals surface area contributed by atoms with Crippen LogP contribution in [-0.2, 0) is 0 Å². The third-order valence-corrected chi connectivity index (χ3v) is 6.08. The van der Waals surface area contributed by atoms with E-state index in [0.717, 1.165) is 16.7 Å². The second-order valence-electron chi connectivity index (χ2n) is 8.59. The van der Waals surface area contributed by atoms with Crippen molar-refractivity contribution in [2.45, 2.75) is 20.8 Å². The average Bonchev–Trinajstić information content (AvgIpc) is 3.49. The van der Waals surface area contributed by atoms with Crippen molar-refractivity contribution in [2.24, 2.45) is 0 Å². The van der Waals surface area contributed by atoms with Crippen molar-refractivity contribution < 1.29 is 18.7 Å². The van der Waals surface area contributed by atoms with Gasteiger partial charge in [0, 0.05) is 11.3 Å². The number of nitrogens with zero attached hydrogens (tertiary/aromatic N) is 1. The second kappa shape index (κ2) is 9.31. The number of amides is 1. The van der Waals surface area contributed by atoms with Crippen LogP contribution in [0.5, 0.6) is 5.75 Å². The zero-order valence-corrected chi connectivity index (χ0v) is 20.7. The molecule has 0 atom stereocenters. The summed E-state index contributed by atoms with van der Waals surface area (Å²) in [6, 6.07) is 19.8. The fourth-order valence-corrected chi connectivity index (χ4v) is 3.99. The van der Waals surface area contributed by atoms with Crippen LogP contribution in [0.15, 0.2) is 75.6 Å². The highest BCUT2D eigenvalue weighted by Crippen LogP contribution is 2.33. The topological polar surface area (TPSA) is 101 Å². The molecule has 0 radical (unpaired) electrons. The maximum absolute atomic E-state index is 12.7. The van der Waals surface area contributed by atoms with Gasteiger partial charge in [-0.25, -0.2) is 4.98 Å². The van der Waals surface area contributed by atoms with E-state index in [1.54, 1.807) is 24.3 Å². The van der Waals surface area contributed by atoms with Gasteiger partial charge in [0.05, 0.1) is 5.56 Å². The number of carbonyl (C=O) groups is 1. The van der Waals surface area contributed by atoms with Gasteiger partial charge >= 0.3 is 0 Å². The number of hydrogen-bond donors (Lipinski definition) is 3. The van der Waals surface area contributed by atoms with Crippen molar-refractivity contribution in [1.82, 2.24) is 10.3 Å². The number of phenolic OH excluding ortho intramolecular Hbond substituents is 1. The molecule has 0 saturated heterocycles. The lowest BCUT2D eigenvalue weighted by molar-refractivity contribution is 0.0951. The normalized spacial score (nSPS) is 11.0. The fraction of sp³-hybridized carbons (Fsp3) is 0.107. The van der Waals surface area contributed by atoms with Crippen LogP contribution in [0.2, 0.25) is 0 Å². The minimum absolute atomic E-state index is 0.00763. The number of aromatic nitrogens is 1. The number of aryl methyl sites for hydroxylation is 3. The maximum atomic E-state index is 12.7. The number of carbonyl (C=O) groups excluding carboxylic acids is 1. The van der Waals surface area contributed by atoms with Crippen molar-refractivity contribution in [2.75, 3.05) is 5.32 Å². The molecular formula is C28H23N3O4S. The molecule has 0 unspecified atom stereocenters. The Hall–Kier alpha value is -4.43. The Morgan fingerprint density at radius 2 is 1.75 bits per heavy atom. The summed E-state index contributed by atoms with van der Waals surface area (Å²) in [5.74, 6) is 0.546. The molecule has 5 aromatic rings. The van der Waals surface area contributed by atoms with E-state index in [9.17, 15) is 9.90 Å². The molecular weight excluding hydrogens is 474 g/mol. The summed E-state index contributed by atoms with van der Waals surface area (Å²) in [6.45, 7) is 6.04. The highest BCUT2D eigenvalue weighted by atomic mass is 32.1. The lowest BCUT2D eigenvalue weighted by Crippen LogP contribution is -2.33. The van der Waals surface area contributed by atoms with E-state index in [-0.39, 0.29) is 22.5 Å². The molecule has 0 aliphatic heterocycles. The summed E-state index contributed by atoms with van der Waals surface area (Å²) < 4.78 is 11.6. The van der Waals surface area contributed by atoms with Gasteiger partial charge in [-0.2, -0.15) is 0 Å². The Bertz CT molecular complexity index is 1630. The predicted octanol–water partition coefficient (Wildman–Crippen LogP) is 6.51. The predicted molar refractivity (Wildman–Crippen MR) is 143 cm³/mol. The van der Waals surface area contributed by atoms with Crippen molar-refractivity contribution in [3.8, 4) is 28.5 Å². The third-order valence-electron chi connectivity index (χ3n) is 5.88. The van der Waals surface area contributed by atoms with Crippen molar-refractivity contribution in [1.29, 1.82) is 0 Å². The first-order valence-corrected chi connectivity index (χ1v) is 11.7. The van der Waals surface area contributed by atoms with Gasteiger partial charge in [0.1, 0.15) is 17.0 Å². The van der Waals surface area contributed by atoms with Crippen LogP contribution in [-0.4, -0.2) is 21.1 Å². The highest BCUT2D eigenvalue weighted by molar-refractivity contribution is 7.80. The number of fused-ring (bicyclic) bond motifs is 1. The largest absolute Gasteiger partial charge is 0.507 e. The van der Waals surface area contributed by atoms with E-state index < -0.39 is 5.91 Å². The fourth-order valence-electron chi connectivity index (χ4n) is 3.77. The third kappa shape index (κ3) is 4.71. The van der Waals surface area contributed by atoms with Crippen molar-refractivity contribution in [3.63, 3.8) is 0 Å². The zero-order chi connectivity index (χ0) is 25.4. The molecule has 1 amide bonds. The monoisotopic (exact) mass is 497 g/mol. The molecule has 7 nitrogen and oxygen atoms in total. The van der Waals surface area contributed by atoms with Gasteiger partial charge in [-0.1, -0.05) is 18.2 Å². The zero-order valence-electron chi connectivity index (χ0n) is 19.9. The molecule has 3 aromatic carbocycles. The van der Waals surface area contributed by atoms with E-state index in [1.165, 1.54) is 11.6 Å². The molecule has 0 spiro atoms. The number of furan rings is 1. The van der Waals surface area contributed by atoms with E-state index in [0.29, 0.717) is 28.1 Å². The van der Waals surface area contributed by atoms with Gasteiger partial charge in [0.25, 0.3) is 5.91 Å². The number of rotatable bonds is 4. The summed E-state index contributed by atoms with van der Waals surface area (Å²) in [5, 5.41) is 16.0. The SMILES string of the molecule is Cc1ccc2oc(-c3cc(NC(=S)NC(=O)c4ccc(-c5ccc(C)c(C)c5)o4)ccc3O)nc2c1. The van der Waals surface area contributed by atoms with Crippen LogP contribution in [0.25, 0.3) is 33.9 Å². The first-order chi connectivity index (χ1) is 17.3. The van der Waals surface area contributed by atoms with Crippen LogP contribution in [0.4, 0.5) is 5.69 Å². The molecule has 0 bridgehead atoms. The number of phenols is 1. The summed E-state index contributed by atoms with van der Waals surface area (Å²) >= 11 is 5.32. The van der Waals surface area contributed by atoms with Crippen LogP contribution < -0.4 is 10.6 Å². The van der Waals surface area contributed by atoms with Gasteiger partial charge in [-0.05, 0) is 98.2 Å². The van der Waals surface area contributed by atoms with E-state index in [1.807, 2.05) is 57.2 Å². The molecule has 8 heteroatoms. The molecule has 0 aliphatic rings. The van der Waals surface area contributed by atoms with Gasteiger partial charge in [0.15, 0.2) is 16.5 Å². The smallest absolute Gasteiger partial charge is 0.293 e. The van der Waals surface area contributed by atoms with E-state index in [4.69, 9.17) is 21.1 Å². The number of aromatic hydroxyl groups is 1. The van der Waals surface area contributed by atoms with Gasteiger partial charge < -0.3 is 19.3 Å². The number of hydrogen-bond acceptors (Lipinski definition) is 6. The minimum Gasteiger partial charge on any atom is -0.507 e. The maximum Gasteiger partial charge on any atom is 0.293 e. The number of anilines is 1. The Morgan fingerprint density at radius 1 is 0.917 bits per heavy atom. The summed E-state index contributed by atoms with van der Waals surface area (Å²) in [7, 11) is 0. The number of benzene rings is 3. The Labute approximate surface area is 212 Å². The summed E-state index contributed by atoms with van der Waals surface area (Å²) in [6.07, 6.45) is 0. The Morgan fingerprint density at radius 3 is 2.56 bits per heavy atom. The summed E-state index contributed by atoms with van der Waals surface area (Å²) in [5.41, 5.74) is 6.53. The minimum atomic E-state index is -0.476. The number of oxazole rings is 1.